The van der Waals surface area contributed by atoms with E-state index in [4.69, 9.17) is 9.47 Å². The molecule has 6 heterocycles. The molecule has 51 heavy (non-hydrogen) atoms. The monoisotopic (exact) mass is 729 g/mol. The highest BCUT2D eigenvalue weighted by Crippen LogP contribution is 2.20. The molecular weight excluding hydrogens is 666 g/mol. The molecule has 0 aromatic heterocycles. The summed E-state index contributed by atoms with van der Waals surface area (Å²) in [5.74, 6) is 0.544. The number of likely N-dealkylation sites (N-methyl/N-ethyl adjacent to an activating group) is 4. The Morgan fingerprint density at radius 3 is 1.35 bits per heavy atom. The van der Waals surface area contributed by atoms with Crippen molar-refractivity contribution in [2.24, 2.45) is 0 Å². The highest BCUT2D eigenvalue weighted by molar-refractivity contribution is 5.76. The summed E-state index contributed by atoms with van der Waals surface area (Å²) in [5, 5.41) is 5.83. The molecule has 0 aromatic carbocycles. The number of hydrogen-bond acceptors (Lipinski definition) is 11. The van der Waals surface area contributed by atoms with Gasteiger partial charge in [-0.3, -0.25) is 14.4 Å². The Morgan fingerprint density at radius 2 is 1.10 bits per heavy atom. The summed E-state index contributed by atoms with van der Waals surface area (Å²) in [4.78, 5) is 76.1. The lowest BCUT2D eigenvalue weighted by atomic mass is 10.1. The Hall–Kier alpha value is -3.90. The van der Waals surface area contributed by atoms with Gasteiger partial charge in [0.1, 0.15) is 13.2 Å². The number of carbonyl (C=O) groups is 6. The third kappa shape index (κ3) is 18.2. The van der Waals surface area contributed by atoms with Crippen molar-refractivity contribution in [2.45, 2.75) is 40.2 Å². The second kappa shape index (κ2) is 23.6. The number of piperazine rings is 2. The van der Waals surface area contributed by atoms with Gasteiger partial charge in [-0.1, -0.05) is 0 Å². The molecule has 0 unspecified atom stereocenters. The van der Waals surface area contributed by atoms with Gasteiger partial charge in [0.2, 0.25) is 17.7 Å². The first-order chi connectivity index (χ1) is 24.0. The second-order valence-electron chi connectivity index (χ2n) is 13.3. The fourth-order valence-corrected chi connectivity index (χ4v) is 4.70. The Labute approximate surface area is 303 Å². The zero-order chi connectivity index (χ0) is 38.6. The first-order valence-corrected chi connectivity index (χ1v) is 17.5. The first kappa shape index (κ1) is 45.1. The minimum Gasteiger partial charge on any atom is -0.448 e. The molecular formula is C33H63N9O9. The Bertz CT molecular complexity index is 1060. The van der Waals surface area contributed by atoms with E-state index in [0.29, 0.717) is 26.4 Å². The maximum Gasteiger partial charge on any atom is 0.410 e. The van der Waals surface area contributed by atoms with E-state index < -0.39 is 0 Å². The van der Waals surface area contributed by atoms with Gasteiger partial charge in [0.15, 0.2) is 0 Å². The van der Waals surface area contributed by atoms with Crippen molar-refractivity contribution in [3.8, 4) is 0 Å². The number of nitrogens with one attached hydrogen (secondary N) is 2. The van der Waals surface area contributed by atoms with E-state index in [1.807, 2.05) is 23.6 Å². The van der Waals surface area contributed by atoms with Crippen LogP contribution < -0.4 is 10.6 Å². The maximum atomic E-state index is 10.8. The summed E-state index contributed by atoms with van der Waals surface area (Å²) >= 11 is 0. The number of rotatable bonds is 0. The number of ether oxygens (including phenoxy) is 3. The molecule has 0 radical (unpaired) electrons. The van der Waals surface area contributed by atoms with Crippen LogP contribution in [-0.2, 0) is 28.6 Å². The number of hydrogen-bond donors (Lipinski definition) is 2. The highest BCUT2D eigenvalue weighted by atomic mass is 16.6. The summed E-state index contributed by atoms with van der Waals surface area (Å²) < 4.78 is 14.4. The van der Waals surface area contributed by atoms with Crippen molar-refractivity contribution in [2.75, 3.05) is 140 Å². The minimum atomic E-state index is -0.222. The predicted molar refractivity (Wildman–Crippen MR) is 191 cm³/mol. The SMILES string of the molecule is CC(=O)N1CCN(C)CC1.CC(=O)N1CCNCC1.CC(=O)N1CCOCC1.CN1C(=O)OCC1(C)C.CN1CCNC1=O.CN1CCOC1=O. The molecule has 18 heteroatoms. The van der Waals surface area contributed by atoms with Gasteiger partial charge in [-0.2, -0.15) is 0 Å². The van der Waals surface area contributed by atoms with E-state index in [1.165, 1.54) is 0 Å². The van der Waals surface area contributed by atoms with E-state index >= 15 is 0 Å². The molecule has 6 fully saturated rings. The number of cyclic esters (lactones) is 2. The molecule has 6 aliphatic heterocycles. The molecule has 0 aliphatic carbocycles. The van der Waals surface area contributed by atoms with Gasteiger partial charge in [0, 0.05) is 120 Å². The molecule has 0 saturated carbocycles. The van der Waals surface area contributed by atoms with Crippen LogP contribution in [0.4, 0.5) is 14.4 Å². The van der Waals surface area contributed by atoms with Gasteiger partial charge in [0.05, 0.1) is 25.3 Å². The van der Waals surface area contributed by atoms with E-state index in [2.05, 4.69) is 27.3 Å². The number of amides is 7. The van der Waals surface area contributed by atoms with Crippen LogP contribution in [0.1, 0.15) is 34.6 Å². The molecule has 6 aliphatic rings. The van der Waals surface area contributed by atoms with Crippen molar-refractivity contribution in [1.29, 1.82) is 0 Å². The van der Waals surface area contributed by atoms with Crippen molar-refractivity contribution in [3.05, 3.63) is 0 Å². The molecule has 0 aromatic rings. The van der Waals surface area contributed by atoms with Crippen molar-refractivity contribution < 1.29 is 43.0 Å². The zero-order valence-corrected chi connectivity index (χ0v) is 32.3. The number of carbonyl (C=O) groups excluding carboxylic acids is 6. The third-order valence-corrected chi connectivity index (χ3v) is 8.73. The zero-order valence-electron chi connectivity index (χ0n) is 32.3. The highest BCUT2D eigenvalue weighted by Gasteiger charge is 2.36. The van der Waals surface area contributed by atoms with Crippen LogP contribution in [0.25, 0.3) is 0 Å². The third-order valence-electron chi connectivity index (χ3n) is 8.73. The van der Waals surface area contributed by atoms with Gasteiger partial charge in [-0.15, -0.1) is 0 Å². The molecule has 0 bridgehead atoms. The Balaban J connectivity index is 0.000000307. The van der Waals surface area contributed by atoms with E-state index in [1.54, 1.807) is 61.5 Å². The molecule has 6 rings (SSSR count). The van der Waals surface area contributed by atoms with E-state index in [-0.39, 0.29) is 41.5 Å². The fraction of sp³-hybridized carbons (Fsp3) is 0.818. The standard InChI is InChI=1S/C7H14N2O.C6H12N2O.2C6H11NO2.C4H8N2O.C4H7NO2/c1-7(10)9-5-3-8(2)4-6-9;1-6(9)8-4-2-7-3-5-8;1-6(2)4-9-5(8)7(6)3;1-6(8)7-2-4-9-5-3-7;1-6-3-2-5-4(6)7;1-5-2-3-7-4(5)6/h3-6H2,1-2H3;7H,2-5H2,1H3;4H2,1-3H3;2-5H2,1H3;2-3H2,1H3,(H,5,7);2-3H2,1H3. The van der Waals surface area contributed by atoms with Crippen LogP contribution in [0.2, 0.25) is 0 Å². The molecule has 2 N–H and O–H groups in total. The average molecular weight is 730 g/mol. The van der Waals surface area contributed by atoms with E-state index in [9.17, 15) is 28.8 Å². The second-order valence-corrected chi connectivity index (χ2v) is 13.3. The predicted octanol–water partition coefficient (Wildman–Crippen LogP) is -0.360. The normalized spacial score (nSPS) is 21.0. The van der Waals surface area contributed by atoms with E-state index in [0.717, 1.165) is 85.1 Å². The largest absolute Gasteiger partial charge is 0.448 e. The summed E-state index contributed by atoms with van der Waals surface area (Å²) in [6.45, 7) is 22.6. The van der Waals surface area contributed by atoms with Crippen molar-refractivity contribution >= 4 is 35.9 Å². The van der Waals surface area contributed by atoms with Crippen LogP contribution in [0, 0.1) is 0 Å². The topological polar surface area (TPSA) is 177 Å². The molecule has 0 spiro atoms. The lowest BCUT2D eigenvalue weighted by Crippen LogP contribution is -2.46. The number of morpholine rings is 1. The van der Waals surface area contributed by atoms with Crippen molar-refractivity contribution in [3.63, 3.8) is 0 Å². The van der Waals surface area contributed by atoms with Crippen LogP contribution in [-0.4, -0.2) is 215 Å². The molecule has 18 nitrogen and oxygen atoms in total. The summed E-state index contributed by atoms with van der Waals surface area (Å²) in [6, 6.07) is 0.0417. The lowest BCUT2D eigenvalue weighted by Gasteiger charge is -2.31. The number of urea groups is 1. The van der Waals surface area contributed by atoms with Gasteiger partial charge in [0.25, 0.3) is 0 Å². The van der Waals surface area contributed by atoms with Crippen molar-refractivity contribution in [1.82, 2.24) is 44.9 Å². The lowest BCUT2D eigenvalue weighted by molar-refractivity contribution is -0.133. The summed E-state index contributed by atoms with van der Waals surface area (Å²) in [6.07, 6.45) is -0.431. The van der Waals surface area contributed by atoms with Crippen LogP contribution >= 0.6 is 0 Å². The molecule has 6 saturated heterocycles. The van der Waals surface area contributed by atoms with Gasteiger partial charge >= 0.3 is 18.2 Å². The van der Waals surface area contributed by atoms with Gasteiger partial charge < -0.3 is 59.1 Å². The summed E-state index contributed by atoms with van der Waals surface area (Å²) in [5.41, 5.74) is -0.114. The summed E-state index contributed by atoms with van der Waals surface area (Å²) in [7, 11) is 7.32. The average Bonchev–Trinajstić information content (AvgIpc) is 3.76. The Kier molecular flexibility index (Phi) is 20.8. The first-order valence-electron chi connectivity index (χ1n) is 17.5. The minimum absolute atomic E-state index is 0.0417. The molecule has 0 atom stereocenters. The maximum absolute atomic E-state index is 10.8. The smallest absolute Gasteiger partial charge is 0.410 e. The quantitative estimate of drug-likeness (QED) is 0.333. The van der Waals surface area contributed by atoms with Crippen LogP contribution in [0.3, 0.4) is 0 Å². The molecule has 294 valence electrons. The number of nitrogens with zero attached hydrogens (tertiary/aromatic N) is 7. The molecule has 7 amide bonds. The van der Waals surface area contributed by atoms with Crippen LogP contribution in [0.5, 0.6) is 0 Å². The van der Waals surface area contributed by atoms with Gasteiger partial charge in [-0.05, 0) is 20.9 Å². The Morgan fingerprint density at radius 1 is 0.588 bits per heavy atom. The van der Waals surface area contributed by atoms with Crippen LogP contribution in [0.15, 0.2) is 0 Å². The van der Waals surface area contributed by atoms with Gasteiger partial charge in [-0.25, -0.2) is 14.4 Å². The fourth-order valence-electron chi connectivity index (χ4n) is 4.70.